The predicted molar refractivity (Wildman–Crippen MR) is 88.1 cm³/mol. The molecule has 2 fully saturated rings. The number of carbonyl (C=O) groups is 1. The number of aromatic nitrogens is 3. The van der Waals surface area contributed by atoms with Gasteiger partial charge in [-0.05, 0) is 44.1 Å². The van der Waals surface area contributed by atoms with Crippen molar-refractivity contribution in [2.24, 2.45) is 5.41 Å². The first-order chi connectivity index (χ1) is 12.0. The van der Waals surface area contributed by atoms with E-state index in [1.165, 1.54) is 25.1 Å². The summed E-state index contributed by atoms with van der Waals surface area (Å²) >= 11 is 0. The van der Waals surface area contributed by atoms with Crippen LogP contribution in [0.2, 0.25) is 0 Å². The van der Waals surface area contributed by atoms with Crippen molar-refractivity contribution in [1.29, 1.82) is 0 Å². The smallest absolute Gasteiger partial charge is 0.316 e. The lowest BCUT2D eigenvalue weighted by Crippen LogP contribution is -2.45. The second-order valence-corrected chi connectivity index (χ2v) is 7.00. The Morgan fingerprint density at radius 1 is 1.28 bits per heavy atom. The quantitative estimate of drug-likeness (QED) is 0.916. The number of hydrogen-bond acceptors (Lipinski definition) is 6. The molecule has 2 aromatic heterocycles. The van der Waals surface area contributed by atoms with E-state index in [4.69, 9.17) is 4.42 Å². The minimum Gasteiger partial charge on any atom is -0.403 e. The number of carbonyl (C=O) groups excluding carboxylic acids is 1. The van der Waals surface area contributed by atoms with E-state index >= 15 is 0 Å². The van der Waals surface area contributed by atoms with Crippen LogP contribution in [-0.4, -0.2) is 45.1 Å². The molecule has 2 aromatic rings. The SMILES string of the molecule is C[C@H](Nc1nnc(-c2cncc(F)c2)o1)C(=O)N1CCC2(CC1)CC2. The van der Waals surface area contributed by atoms with Crippen LogP contribution >= 0.6 is 0 Å². The fourth-order valence-electron chi connectivity index (χ4n) is 3.33. The van der Waals surface area contributed by atoms with Gasteiger partial charge in [-0.1, -0.05) is 5.10 Å². The van der Waals surface area contributed by atoms with Crippen molar-refractivity contribution >= 4 is 11.9 Å². The standard InChI is InChI=1S/C17H20FN5O2/c1-11(15(24)23-6-4-17(2-3-17)5-7-23)20-16-22-21-14(25-16)12-8-13(18)10-19-9-12/h8-11H,2-7H2,1H3,(H,20,22)/t11-/m0/s1. The molecule has 7 nitrogen and oxygen atoms in total. The number of anilines is 1. The number of amides is 1. The van der Waals surface area contributed by atoms with Gasteiger partial charge >= 0.3 is 6.01 Å². The summed E-state index contributed by atoms with van der Waals surface area (Å²) in [7, 11) is 0. The molecule has 132 valence electrons. The molecule has 0 bridgehead atoms. The number of likely N-dealkylation sites (tertiary alicyclic amines) is 1. The van der Waals surface area contributed by atoms with Crippen LogP contribution in [0, 0.1) is 11.2 Å². The number of hydrogen-bond donors (Lipinski definition) is 1. The van der Waals surface area contributed by atoms with E-state index in [-0.39, 0.29) is 17.8 Å². The summed E-state index contributed by atoms with van der Waals surface area (Å²) in [5, 5.41) is 10.7. The molecule has 0 aromatic carbocycles. The van der Waals surface area contributed by atoms with Gasteiger partial charge in [-0.2, -0.15) is 0 Å². The van der Waals surface area contributed by atoms with Gasteiger partial charge in [0, 0.05) is 19.3 Å². The number of piperidine rings is 1. The molecule has 1 saturated heterocycles. The van der Waals surface area contributed by atoms with Crippen molar-refractivity contribution in [2.75, 3.05) is 18.4 Å². The Hall–Kier alpha value is -2.51. The normalized spacial score (nSPS) is 19.7. The molecule has 0 unspecified atom stereocenters. The summed E-state index contributed by atoms with van der Waals surface area (Å²) in [5.74, 6) is -0.294. The topological polar surface area (TPSA) is 84.1 Å². The van der Waals surface area contributed by atoms with Gasteiger partial charge in [0.15, 0.2) is 0 Å². The highest BCUT2D eigenvalue weighted by Gasteiger charge is 2.45. The maximum atomic E-state index is 13.2. The average Bonchev–Trinajstić information content (AvgIpc) is 3.19. The number of halogens is 1. The van der Waals surface area contributed by atoms with Gasteiger partial charge in [0.25, 0.3) is 5.89 Å². The Bertz CT molecular complexity index is 779. The first-order valence-electron chi connectivity index (χ1n) is 8.54. The zero-order valence-corrected chi connectivity index (χ0v) is 14.0. The van der Waals surface area contributed by atoms with Crippen molar-refractivity contribution in [3.05, 3.63) is 24.3 Å². The number of nitrogens with one attached hydrogen (secondary N) is 1. The third-order valence-electron chi connectivity index (χ3n) is 5.18. The van der Waals surface area contributed by atoms with E-state index in [2.05, 4.69) is 20.5 Å². The third kappa shape index (κ3) is 3.33. The van der Waals surface area contributed by atoms with Crippen LogP contribution in [0.4, 0.5) is 10.4 Å². The zero-order valence-electron chi connectivity index (χ0n) is 14.0. The molecular formula is C17H20FN5O2. The average molecular weight is 345 g/mol. The molecular weight excluding hydrogens is 325 g/mol. The van der Waals surface area contributed by atoms with E-state index < -0.39 is 11.9 Å². The van der Waals surface area contributed by atoms with Crippen LogP contribution in [0.1, 0.15) is 32.6 Å². The summed E-state index contributed by atoms with van der Waals surface area (Å²) in [6, 6.07) is 0.934. The summed E-state index contributed by atoms with van der Waals surface area (Å²) in [4.78, 5) is 18.2. The maximum Gasteiger partial charge on any atom is 0.316 e. The molecule has 1 saturated carbocycles. The highest BCUT2D eigenvalue weighted by Crippen LogP contribution is 2.53. The van der Waals surface area contributed by atoms with Gasteiger partial charge < -0.3 is 14.6 Å². The van der Waals surface area contributed by atoms with Crippen molar-refractivity contribution in [1.82, 2.24) is 20.1 Å². The predicted octanol–water partition coefficient (Wildman–Crippen LogP) is 2.47. The van der Waals surface area contributed by atoms with Gasteiger partial charge in [-0.25, -0.2) is 4.39 Å². The van der Waals surface area contributed by atoms with Gasteiger partial charge in [0.05, 0.1) is 11.8 Å². The van der Waals surface area contributed by atoms with Crippen LogP contribution in [-0.2, 0) is 4.79 Å². The number of rotatable bonds is 4. The van der Waals surface area contributed by atoms with Gasteiger partial charge in [0.2, 0.25) is 5.91 Å². The van der Waals surface area contributed by atoms with Crippen LogP contribution in [0.3, 0.4) is 0 Å². The minimum absolute atomic E-state index is 0.0303. The van der Waals surface area contributed by atoms with Gasteiger partial charge in [0.1, 0.15) is 11.9 Å². The molecule has 4 rings (SSSR count). The Morgan fingerprint density at radius 2 is 2.04 bits per heavy atom. The first-order valence-corrected chi connectivity index (χ1v) is 8.54. The summed E-state index contributed by atoms with van der Waals surface area (Å²) in [5.41, 5.74) is 0.929. The first kappa shape index (κ1) is 16.0. The second kappa shape index (κ2) is 6.09. The molecule has 1 N–H and O–H groups in total. The van der Waals surface area contributed by atoms with E-state index in [0.29, 0.717) is 11.0 Å². The summed E-state index contributed by atoms with van der Waals surface area (Å²) in [6.45, 7) is 3.40. The lowest BCUT2D eigenvalue weighted by Gasteiger charge is -2.33. The Balaban J connectivity index is 1.37. The van der Waals surface area contributed by atoms with Crippen LogP contribution < -0.4 is 5.32 Å². The maximum absolute atomic E-state index is 13.2. The van der Waals surface area contributed by atoms with Crippen molar-refractivity contribution in [3.8, 4) is 11.5 Å². The van der Waals surface area contributed by atoms with E-state index in [9.17, 15) is 9.18 Å². The molecule has 1 atom stereocenters. The number of pyridine rings is 1. The Morgan fingerprint density at radius 3 is 2.72 bits per heavy atom. The van der Waals surface area contributed by atoms with Crippen LogP contribution in [0.15, 0.2) is 22.9 Å². The van der Waals surface area contributed by atoms with Crippen LogP contribution in [0.25, 0.3) is 11.5 Å². The zero-order chi connectivity index (χ0) is 17.4. The largest absolute Gasteiger partial charge is 0.403 e. The van der Waals surface area contributed by atoms with Crippen LogP contribution in [0.5, 0.6) is 0 Å². The van der Waals surface area contributed by atoms with E-state index in [1.54, 1.807) is 6.92 Å². The molecule has 1 amide bonds. The molecule has 3 heterocycles. The Kier molecular flexibility index (Phi) is 3.89. The lowest BCUT2D eigenvalue weighted by atomic mass is 9.93. The monoisotopic (exact) mass is 345 g/mol. The fourth-order valence-corrected chi connectivity index (χ4v) is 3.33. The molecule has 1 spiro atoms. The minimum atomic E-state index is -0.479. The molecule has 25 heavy (non-hydrogen) atoms. The third-order valence-corrected chi connectivity index (χ3v) is 5.18. The Labute approximate surface area is 144 Å². The summed E-state index contributed by atoms with van der Waals surface area (Å²) < 4.78 is 18.7. The molecule has 0 radical (unpaired) electrons. The molecule has 2 aliphatic rings. The fraction of sp³-hybridized carbons (Fsp3) is 0.529. The van der Waals surface area contributed by atoms with Gasteiger partial charge in [-0.3, -0.25) is 9.78 Å². The van der Waals surface area contributed by atoms with Gasteiger partial charge in [-0.15, -0.1) is 5.10 Å². The van der Waals surface area contributed by atoms with Crippen molar-refractivity contribution in [3.63, 3.8) is 0 Å². The highest BCUT2D eigenvalue weighted by atomic mass is 19.1. The number of nitrogens with zero attached hydrogens (tertiary/aromatic N) is 4. The highest BCUT2D eigenvalue weighted by molar-refractivity contribution is 5.83. The molecule has 1 aliphatic heterocycles. The molecule has 8 heteroatoms. The van der Waals surface area contributed by atoms with Crippen molar-refractivity contribution in [2.45, 2.75) is 38.6 Å². The summed E-state index contributed by atoms with van der Waals surface area (Å²) in [6.07, 6.45) is 7.36. The lowest BCUT2D eigenvalue weighted by molar-refractivity contribution is -0.133. The van der Waals surface area contributed by atoms with Crippen molar-refractivity contribution < 1.29 is 13.6 Å². The van der Waals surface area contributed by atoms with E-state index in [0.717, 1.165) is 32.1 Å². The second-order valence-electron chi connectivity index (χ2n) is 7.00. The van der Waals surface area contributed by atoms with E-state index in [1.807, 2.05) is 4.90 Å². The molecule has 1 aliphatic carbocycles.